The Labute approximate surface area is 204 Å². The van der Waals surface area contributed by atoms with Crippen LogP contribution in [0.1, 0.15) is 70.6 Å². The largest absolute Gasteiger partial charge is 0.347 e. The van der Waals surface area contributed by atoms with E-state index in [0.717, 1.165) is 24.0 Å². The van der Waals surface area contributed by atoms with Gasteiger partial charge in [-0.05, 0) is 67.1 Å². The van der Waals surface area contributed by atoms with Crippen LogP contribution in [0.2, 0.25) is 0 Å². The van der Waals surface area contributed by atoms with Crippen LogP contribution >= 0.6 is 0 Å². The fourth-order valence-corrected chi connectivity index (χ4v) is 5.23. The fraction of sp³-hybridized carbons (Fsp3) is 0.321. The van der Waals surface area contributed by atoms with Crippen LogP contribution in [0.25, 0.3) is 0 Å². The van der Waals surface area contributed by atoms with Gasteiger partial charge in [-0.3, -0.25) is 9.59 Å². The molecule has 2 aromatic carbocycles. The topological polar surface area (TPSA) is 88.3 Å². The van der Waals surface area contributed by atoms with Gasteiger partial charge in [0.15, 0.2) is 0 Å². The molecule has 1 aromatic heterocycles. The molecule has 5 rings (SSSR count). The van der Waals surface area contributed by atoms with E-state index in [9.17, 15) is 14.0 Å². The van der Waals surface area contributed by atoms with Crippen molar-refractivity contribution in [2.75, 3.05) is 6.54 Å². The third-order valence-electron chi connectivity index (χ3n) is 7.11. The van der Waals surface area contributed by atoms with Gasteiger partial charge in [0, 0.05) is 18.5 Å². The number of halogens is 1. The van der Waals surface area contributed by atoms with Crippen LogP contribution in [-0.2, 0) is 11.2 Å². The lowest BCUT2D eigenvalue weighted by Crippen LogP contribution is -2.46. The van der Waals surface area contributed by atoms with E-state index in [1.807, 2.05) is 19.1 Å². The van der Waals surface area contributed by atoms with Gasteiger partial charge < -0.3 is 16.0 Å². The van der Waals surface area contributed by atoms with Crippen molar-refractivity contribution in [3.05, 3.63) is 101 Å². The van der Waals surface area contributed by atoms with E-state index < -0.39 is 6.04 Å². The van der Waals surface area contributed by atoms with E-state index in [4.69, 9.17) is 5.73 Å². The molecule has 0 radical (unpaired) electrons. The van der Waals surface area contributed by atoms with Crippen LogP contribution in [0.3, 0.4) is 0 Å². The second-order valence-corrected chi connectivity index (χ2v) is 9.49. The zero-order chi connectivity index (χ0) is 24.5. The number of nitrogens with one attached hydrogen (secondary N) is 1. The number of hydrogen-bond acceptors (Lipinski definition) is 4. The molecule has 35 heavy (non-hydrogen) atoms. The van der Waals surface area contributed by atoms with Crippen LogP contribution in [-0.4, -0.2) is 34.3 Å². The Kier molecular flexibility index (Phi) is 6.34. The van der Waals surface area contributed by atoms with Crippen molar-refractivity contribution >= 4 is 11.8 Å². The summed E-state index contributed by atoms with van der Waals surface area (Å²) >= 11 is 0. The Morgan fingerprint density at radius 3 is 2.63 bits per heavy atom. The molecular weight excluding hydrogens is 443 g/mol. The van der Waals surface area contributed by atoms with Crippen molar-refractivity contribution in [1.82, 2.24) is 15.2 Å². The highest BCUT2D eigenvalue weighted by molar-refractivity contribution is 5.97. The van der Waals surface area contributed by atoms with E-state index in [0.29, 0.717) is 18.7 Å². The molecule has 7 heteroatoms. The van der Waals surface area contributed by atoms with Gasteiger partial charge in [-0.2, -0.15) is 0 Å². The van der Waals surface area contributed by atoms with Crippen molar-refractivity contribution in [3.63, 3.8) is 0 Å². The first kappa shape index (κ1) is 23.2. The number of likely N-dealkylation sites (tertiary alicyclic amines) is 1. The normalized spacial score (nSPS) is 22.0. The van der Waals surface area contributed by atoms with E-state index in [1.54, 1.807) is 35.2 Å². The lowest BCUT2D eigenvalue weighted by molar-refractivity contribution is -0.125. The first-order chi connectivity index (χ1) is 16.9. The third kappa shape index (κ3) is 4.68. The number of fused-ring (bicyclic) bond motifs is 1. The van der Waals surface area contributed by atoms with Crippen LogP contribution < -0.4 is 11.1 Å². The Morgan fingerprint density at radius 2 is 1.86 bits per heavy atom. The SMILES string of the molecule is CC(N)c1cccc(C(=O)N2CC(c3ccc(F)cc3)CC2C(=O)NC2CCc3ccccc32)n1. The Balaban J connectivity index is 1.42. The van der Waals surface area contributed by atoms with Gasteiger partial charge in [0.25, 0.3) is 5.91 Å². The number of nitrogens with zero attached hydrogens (tertiary/aromatic N) is 2. The first-order valence-corrected chi connectivity index (χ1v) is 12.1. The van der Waals surface area contributed by atoms with Gasteiger partial charge in [-0.15, -0.1) is 0 Å². The standard InChI is InChI=1S/C28H29FN4O2/c1-17(30)23-7-4-8-25(31-23)28(35)33-16-20(18-9-12-21(29)13-10-18)15-26(33)27(34)32-24-14-11-19-5-2-3-6-22(19)24/h2-10,12-13,17,20,24,26H,11,14-16,30H2,1H3,(H,32,34). The number of rotatable bonds is 5. The summed E-state index contributed by atoms with van der Waals surface area (Å²) in [5.41, 5.74) is 10.1. The molecule has 1 fully saturated rings. The molecule has 2 amide bonds. The van der Waals surface area contributed by atoms with Crippen molar-refractivity contribution in [3.8, 4) is 0 Å². The van der Waals surface area contributed by atoms with E-state index >= 15 is 0 Å². The molecule has 3 N–H and O–H groups in total. The summed E-state index contributed by atoms with van der Waals surface area (Å²) in [6.45, 7) is 2.17. The number of nitrogens with two attached hydrogens (primary N) is 1. The maximum Gasteiger partial charge on any atom is 0.273 e. The number of amides is 2. The molecule has 0 bridgehead atoms. The van der Waals surface area contributed by atoms with Gasteiger partial charge in [-0.1, -0.05) is 42.5 Å². The quantitative estimate of drug-likeness (QED) is 0.587. The molecule has 1 saturated heterocycles. The minimum atomic E-state index is -0.647. The van der Waals surface area contributed by atoms with Crippen LogP contribution in [0.5, 0.6) is 0 Å². The van der Waals surface area contributed by atoms with Crippen LogP contribution in [0, 0.1) is 5.82 Å². The van der Waals surface area contributed by atoms with Gasteiger partial charge in [0.2, 0.25) is 5.91 Å². The number of hydrogen-bond donors (Lipinski definition) is 2. The van der Waals surface area contributed by atoms with Gasteiger partial charge in [0.1, 0.15) is 17.6 Å². The number of aromatic nitrogens is 1. The number of aryl methyl sites for hydroxylation is 1. The molecule has 0 saturated carbocycles. The van der Waals surface area contributed by atoms with Crippen molar-refractivity contribution < 1.29 is 14.0 Å². The number of carbonyl (C=O) groups excluding carboxylic acids is 2. The molecule has 2 aliphatic rings. The molecule has 1 aliphatic heterocycles. The van der Waals surface area contributed by atoms with E-state index in [1.165, 1.54) is 17.7 Å². The summed E-state index contributed by atoms with van der Waals surface area (Å²) in [5.74, 6) is -0.870. The zero-order valence-electron chi connectivity index (χ0n) is 19.7. The molecule has 2 heterocycles. The Hall–Kier alpha value is -3.58. The van der Waals surface area contributed by atoms with Crippen molar-refractivity contribution in [2.45, 2.75) is 50.2 Å². The maximum atomic E-state index is 13.6. The van der Waals surface area contributed by atoms with Gasteiger partial charge >= 0.3 is 0 Å². The summed E-state index contributed by atoms with van der Waals surface area (Å²) < 4.78 is 13.5. The summed E-state index contributed by atoms with van der Waals surface area (Å²) in [5, 5.41) is 3.19. The highest BCUT2D eigenvalue weighted by Gasteiger charge is 2.41. The Bertz CT molecular complexity index is 1240. The minimum absolute atomic E-state index is 0.0694. The lowest BCUT2D eigenvalue weighted by Gasteiger charge is -2.25. The molecule has 180 valence electrons. The number of pyridine rings is 1. The van der Waals surface area contributed by atoms with Crippen molar-refractivity contribution in [2.24, 2.45) is 5.73 Å². The maximum absolute atomic E-state index is 13.6. The predicted octanol–water partition coefficient (Wildman–Crippen LogP) is 4.04. The third-order valence-corrected chi connectivity index (χ3v) is 7.11. The molecule has 0 spiro atoms. The van der Waals surface area contributed by atoms with Crippen molar-refractivity contribution in [1.29, 1.82) is 0 Å². The smallest absolute Gasteiger partial charge is 0.273 e. The highest BCUT2D eigenvalue weighted by atomic mass is 19.1. The van der Waals surface area contributed by atoms with E-state index in [-0.39, 0.29) is 41.3 Å². The first-order valence-electron chi connectivity index (χ1n) is 12.1. The van der Waals surface area contributed by atoms with Crippen LogP contribution in [0.15, 0.2) is 66.7 Å². The molecule has 3 aromatic rings. The fourth-order valence-electron chi connectivity index (χ4n) is 5.23. The van der Waals surface area contributed by atoms with Gasteiger partial charge in [-0.25, -0.2) is 9.37 Å². The second-order valence-electron chi connectivity index (χ2n) is 9.49. The van der Waals surface area contributed by atoms with E-state index in [2.05, 4.69) is 22.4 Å². The van der Waals surface area contributed by atoms with Gasteiger partial charge in [0.05, 0.1) is 11.7 Å². The summed E-state index contributed by atoms with van der Waals surface area (Å²) in [7, 11) is 0. The van der Waals surface area contributed by atoms with Crippen LogP contribution in [0.4, 0.5) is 4.39 Å². The molecule has 4 atom stereocenters. The molecule has 6 nitrogen and oxygen atoms in total. The minimum Gasteiger partial charge on any atom is -0.347 e. The zero-order valence-corrected chi connectivity index (χ0v) is 19.7. The summed E-state index contributed by atoms with van der Waals surface area (Å²) in [6, 6.07) is 18.6. The summed E-state index contributed by atoms with van der Waals surface area (Å²) in [6.07, 6.45) is 2.22. The monoisotopic (exact) mass is 472 g/mol. The average molecular weight is 473 g/mol. The number of carbonyl (C=O) groups is 2. The Morgan fingerprint density at radius 1 is 1.09 bits per heavy atom. The molecule has 4 unspecified atom stereocenters. The predicted molar refractivity (Wildman–Crippen MR) is 131 cm³/mol. The average Bonchev–Trinajstić information content (AvgIpc) is 3.49. The molecule has 1 aliphatic carbocycles. The lowest BCUT2D eigenvalue weighted by atomic mass is 9.96. The second kappa shape index (κ2) is 9.58. The molecular formula is C28H29FN4O2. The summed E-state index contributed by atoms with van der Waals surface area (Å²) in [4.78, 5) is 33.2. The number of benzene rings is 2. The highest BCUT2D eigenvalue weighted by Crippen LogP contribution is 2.35.